The Morgan fingerprint density at radius 2 is 2.00 bits per heavy atom. The van der Waals surface area contributed by atoms with Crippen LogP contribution in [0.2, 0.25) is 0 Å². The highest BCUT2D eigenvalue weighted by atomic mass is 32.2. The SMILES string of the molecule is CCC(CC)CC(O)C1CCCCS1. The number of aliphatic hydroxyl groups excluding tert-OH is 1. The van der Waals surface area contributed by atoms with Crippen molar-refractivity contribution in [3.8, 4) is 0 Å². The molecule has 0 aromatic carbocycles. The van der Waals surface area contributed by atoms with Gasteiger partial charge in [-0.15, -0.1) is 0 Å². The van der Waals surface area contributed by atoms with Gasteiger partial charge in [0, 0.05) is 5.25 Å². The van der Waals surface area contributed by atoms with Crippen LogP contribution in [0.15, 0.2) is 0 Å². The first-order valence-electron chi connectivity index (χ1n) is 6.07. The van der Waals surface area contributed by atoms with Gasteiger partial charge in [-0.3, -0.25) is 0 Å². The maximum atomic E-state index is 10.1. The molecule has 1 aliphatic heterocycles. The average molecular weight is 216 g/mol. The van der Waals surface area contributed by atoms with Gasteiger partial charge in [0.05, 0.1) is 6.10 Å². The van der Waals surface area contributed by atoms with Crippen LogP contribution in [0.3, 0.4) is 0 Å². The minimum Gasteiger partial charge on any atom is -0.392 e. The molecular weight excluding hydrogens is 192 g/mol. The fraction of sp³-hybridized carbons (Fsp3) is 1.00. The van der Waals surface area contributed by atoms with Crippen LogP contribution in [-0.4, -0.2) is 22.2 Å². The zero-order valence-corrected chi connectivity index (χ0v) is 10.4. The van der Waals surface area contributed by atoms with Crippen molar-refractivity contribution in [3.63, 3.8) is 0 Å². The van der Waals surface area contributed by atoms with Gasteiger partial charge in [-0.05, 0) is 30.9 Å². The Morgan fingerprint density at radius 3 is 2.50 bits per heavy atom. The first-order valence-corrected chi connectivity index (χ1v) is 7.12. The molecule has 0 amide bonds. The summed E-state index contributed by atoms with van der Waals surface area (Å²) in [5.74, 6) is 1.98. The van der Waals surface area contributed by atoms with E-state index in [0.29, 0.717) is 5.25 Å². The third kappa shape index (κ3) is 3.82. The van der Waals surface area contributed by atoms with E-state index in [2.05, 4.69) is 13.8 Å². The predicted octanol–water partition coefficient (Wildman–Crippen LogP) is 3.46. The third-order valence-electron chi connectivity index (χ3n) is 3.37. The van der Waals surface area contributed by atoms with Crippen LogP contribution in [0.1, 0.15) is 52.4 Å². The van der Waals surface area contributed by atoms with Crippen molar-refractivity contribution in [2.75, 3.05) is 5.75 Å². The second-order valence-corrected chi connectivity index (χ2v) is 5.74. The highest BCUT2D eigenvalue weighted by Crippen LogP contribution is 2.30. The maximum absolute atomic E-state index is 10.1. The lowest BCUT2D eigenvalue weighted by atomic mass is 9.93. The molecule has 0 aromatic rings. The van der Waals surface area contributed by atoms with Gasteiger partial charge in [-0.25, -0.2) is 0 Å². The third-order valence-corrected chi connectivity index (χ3v) is 4.88. The Balaban J connectivity index is 2.27. The molecule has 1 fully saturated rings. The highest BCUT2D eigenvalue weighted by molar-refractivity contribution is 8.00. The zero-order valence-electron chi connectivity index (χ0n) is 9.54. The summed E-state index contributed by atoms with van der Waals surface area (Å²) in [6.07, 6.45) is 7.29. The van der Waals surface area contributed by atoms with E-state index in [-0.39, 0.29) is 6.10 Å². The molecular formula is C12H24OS. The van der Waals surface area contributed by atoms with E-state index in [1.165, 1.54) is 37.9 Å². The summed E-state index contributed by atoms with van der Waals surface area (Å²) in [4.78, 5) is 0. The molecule has 2 unspecified atom stereocenters. The molecule has 2 atom stereocenters. The summed E-state index contributed by atoms with van der Waals surface area (Å²) < 4.78 is 0. The summed E-state index contributed by atoms with van der Waals surface area (Å²) in [5, 5.41) is 10.6. The van der Waals surface area contributed by atoms with E-state index in [4.69, 9.17) is 0 Å². The van der Waals surface area contributed by atoms with Gasteiger partial charge >= 0.3 is 0 Å². The fourth-order valence-corrected chi connectivity index (χ4v) is 3.52. The largest absolute Gasteiger partial charge is 0.392 e. The molecule has 84 valence electrons. The van der Waals surface area contributed by atoms with Gasteiger partial charge in [0.25, 0.3) is 0 Å². The Hall–Kier alpha value is 0.310. The van der Waals surface area contributed by atoms with Gasteiger partial charge in [0.2, 0.25) is 0 Å². The van der Waals surface area contributed by atoms with Crippen LogP contribution < -0.4 is 0 Å². The van der Waals surface area contributed by atoms with E-state index >= 15 is 0 Å². The van der Waals surface area contributed by atoms with Crippen molar-refractivity contribution in [2.24, 2.45) is 5.92 Å². The molecule has 14 heavy (non-hydrogen) atoms. The number of thioether (sulfide) groups is 1. The molecule has 2 heteroatoms. The molecule has 0 spiro atoms. The molecule has 1 heterocycles. The number of aliphatic hydroxyl groups is 1. The minimum absolute atomic E-state index is 0.0507. The second kappa shape index (κ2) is 6.73. The van der Waals surface area contributed by atoms with Gasteiger partial charge in [-0.2, -0.15) is 11.8 Å². The molecule has 0 saturated carbocycles. The predicted molar refractivity (Wildman–Crippen MR) is 64.8 cm³/mol. The van der Waals surface area contributed by atoms with Crippen molar-refractivity contribution < 1.29 is 5.11 Å². The molecule has 0 bridgehead atoms. The van der Waals surface area contributed by atoms with Crippen LogP contribution in [0.5, 0.6) is 0 Å². The van der Waals surface area contributed by atoms with Crippen LogP contribution in [0.4, 0.5) is 0 Å². The van der Waals surface area contributed by atoms with Crippen LogP contribution >= 0.6 is 11.8 Å². The zero-order chi connectivity index (χ0) is 10.4. The minimum atomic E-state index is -0.0507. The lowest BCUT2D eigenvalue weighted by Crippen LogP contribution is -2.28. The van der Waals surface area contributed by atoms with E-state index in [9.17, 15) is 5.11 Å². The summed E-state index contributed by atoms with van der Waals surface area (Å²) in [6, 6.07) is 0. The van der Waals surface area contributed by atoms with Crippen LogP contribution in [-0.2, 0) is 0 Å². The molecule has 1 saturated heterocycles. The Morgan fingerprint density at radius 1 is 1.29 bits per heavy atom. The van der Waals surface area contributed by atoms with Gasteiger partial charge in [0.15, 0.2) is 0 Å². The molecule has 0 aliphatic carbocycles. The highest BCUT2D eigenvalue weighted by Gasteiger charge is 2.23. The first kappa shape index (κ1) is 12.4. The summed E-state index contributed by atoms with van der Waals surface area (Å²) in [7, 11) is 0. The van der Waals surface area contributed by atoms with E-state index < -0.39 is 0 Å². The summed E-state index contributed by atoms with van der Waals surface area (Å²) in [5.41, 5.74) is 0. The van der Waals surface area contributed by atoms with Gasteiger partial charge in [0.1, 0.15) is 0 Å². The first-order chi connectivity index (χ1) is 6.77. The van der Waals surface area contributed by atoms with Crippen molar-refractivity contribution in [1.29, 1.82) is 0 Å². The van der Waals surface area contributed by atoms with Crippen LogP contribution in [0.25, 0.3) is 0 Å². The number of hydrogen-bond donors (Lipinski definition) is 1. The smallest absolute Gasteiger partial charge is 0.0661 e. The van der Waals surface area contributed by atoms with Crippen molar-refractivity contribution in [1.82, 2.24) is 0 Å². The summed E-state index contributed by atoms with van der Waals surface area (Å²) in [6.45, 7) is 4.46. The van der Waals surface area contributed by atoms with Crippen molar-refractivity contribution in [2.45, 2.75) is 63.7 Å². The molecule has 0 radical (unpaired) electrons. The normalized spacial score (nSPS) is 25.3. The molecule has 0 aromatic heterocycles. The second-order valence-electron chi connectivity index (χ2n) is 4.39. The Bertz CT molecular complexity index is 139. The average Bonchev–Trinajstić information content (AvgIpc) is 2.26. The standard InChI is InChI=1S/C12H24OS/c1-3-10(4-2)9-11(13)12-7-5-6-8-14-12/h10-13H,3-9H2,1-2H3. The van der Waals surface area contributed by atoms with Gasteiger partial charge in [-0.1, -0.05) is 33.1 Å². The quantitative estimate of drug-likeness (QED) is 0.759. The van der Waals surface area contributed by atoms with Crippen LogP contribution in [0, 0.1) is 5.92 Å². The van der Waals surface area contributed by atoms with Crippen molar-refractivity contribution in [3.05, 3.63) is 0 Å². The molecule has 1 rings (SSSR count). The molecule has 1 aliphatic rings. The monoisotopic (exact) mass is 216 g/mol. The lowest BCUT2D eigenvalue weighted by molar-refractivity contribution is 0.132. The van der Waals surface area contributed by atoms with Crippen molar-refractivity contribution >= 4 is 11.8 Å². The Labute approximate surface area is 92.7 Å². The number of hydrogen-bond acceptors (Lipinski definition) is 2. The number of rotatable bonds is 5. The van der Waals surface area contributed by atoms with E-state index in [1.54, 1.807) is 0 Å². The summed E-state index contributed by atoms with van der Waals surface area (Å²) >= 11 is 1.98. The Kier molecular flexibility index (Phi) is 5.95. The lowest BCUT2D eigenvalue weighted by Gasteiger charge is -2.28. The van der Waals surface area contributed by atoms with E-state index in [0.717, 1.165) is 12.3 Å². The maximum Gasteiger partial charge on any atom is 0.0661 e. The molecule has 1 nitrogen and oxygen atoms in total. The van der Waals surface area contributed by atoms with Gasteiger partial charge < -0.3 is 5.11 Å². The molecule has 1 N–H and O–H groups in total. The topological polar surface area (TPSA) is 20.2 Å². The fourth-order valence-electron chi connectivity index (χ4n) is 2.18. The van der Waals surface area contributed by atoms with E-state index in [1.807, 2.05) is 11.8 Å².